The molecule has 3 atom stereocenters. The zero-order valence-corrected chi connectivity index (χ0v) is 16.9. The molecule has 3 heterocycles. The average molecular weight is 442 g/mol. The van der Waals surface area contributed by atoms with E-state index in [9.17, 15) is 13.2 Å². The summed E-state index contributed by atoms with van der Waals surface area (Å²) in [6, 6.07) is 10.2. The van der Waals surface area contributed by atoms with Gasteiger partial charge in [0.15, 0.2) is 0 Å². The summed E-state index contributed by atoms with van der Waals surface area (Å²) in [6.07, 6.45) is -2.45. The summed E-state index contributed by atoms with van der Waals surface area (Å²) >= 11 is 0. The van der Waals surface area contributed by atoms with Crippen LogP contribution in [0.15, 0.2) is 24.3 Å². The van der Waals surface area contributed by atoms with Crippen LogP contribution in [-0.4, -0.2) is 73.8 Å². The van der Waals surface area contributed by atoms with E-state index in [0.717, 1.165) is 51.5 Å². The first-order valence-electron chi connectivity index (χ1n) is 10.1. The number of fused-ring (bicyclic) bond motifs is 1. The minimum Gasteiger partial charge on any atom is -0.493 e. The molecule has 1 aromatic rings. The van der Waals surface area contributed by atoms with Crippen molar-refractivity contribution in [3.05, 3.63) is 29.8 Å². The molecule has 0 saturated carbocycles. The molecule has 3 aliphatic rings. The maximum atomic E-state index is 10.6. The summed E-state index contributed by atoms with van der Waals surface area (Å²) < 4.78 is 49.2. The lowest BCUT2D eigenvalue weighted by Crippen LogP contribution is -2.39. The number of carboxylic acids is 1. The number of ether oxygens (including phenoxy) is 3. The molecule has 3 fully saturated rings. The number of nitriles is 1. The molecule has 3 saturated heterocycles. The number of alkyl halides is 3. The molecular weight excluding hydrogens is 417 g/mol. The zero-order chi connectivity index (χ0) is 22.4. The fourth-order valence-corrected chi connectivity index (χ4v) is 4.21. The molecule has 0 aromatic heterocycles. The summed E-state index contributed by atoms with van der Waals surface area (Å²) in [7, 11) is 0. The van der Waals surface area contributed by atoms with E-state index in [1.807, 2.05) is 12.1 Å². The van der Waals surface area contributed by atoms with Crippen LogP contribution in [0.5, 0.6) is 5.75 Å². The highest BCUT2D eigenvalue weighted by atomic mass is 19.4. The normalized spacial score (nSPS) is 26.5. The monoisotopic (exact) mass is 442 g/mol. The second kappa shape index (κ2) is 10.3. The van der Waals surface area contributed by atoms with Gasteiger partial charge in [0.05, 0.1) is 31.0 Å². The number of benzene rings is 1. The molecule has 0 unspecified atom stereocenters. The largest absolute Gasteiger partial charge is 0.493 e. The van der Waals surface area contributed by atoms with E-state index < -0.39 is 12.1 Å². The fourth-order valence-electron chi connectivity index (χ4n) is 4.21. The van der Waals surface area contributed by atoms with Gasteiger partial charge in [0, 0.05) is 44.2 Å². The Morgan fingerprint density at radius 2 is 2.00 bits per heavy atom. The molecule has 3 aliphatic heterocycles. The number of likely N-dealkylation sites (tertiary alicyclic amines) is 1. The van der Waals surface area contributed by atoms with Crippen LogP contribution in [-0.2, 0) is 14.3 Å². The molecular formula is C21H25F3N2O5. The predicted octanol–water partition coefficient (Wildman–Crippen LogP) is 2.70. The van der Waals surface area contributed by atoms with Gasteiger partial charge < -0.3 is 19.3 Å². The van der Waals surface area contributed by atoms with Crippen LogP contribution < -0.4 is 4.74 Å². The Morgan fingerprint density at radius 3 is 2.65 bits per heavy atom. The van der Waals surface area contributed by atoms with E-state index >= 15 is 0 Å². The van der Waals surface area contributed by atoms with E-state index in [0.29, 0.717) is 36.2 Å². The van der Waals surface area contributed by atoms with E-state index in [1.54, 1.807) is 12.1 Å². The van der Waals surface area contributed by atoms with Gasteiger partial charge in [0.2, 0.25) is 0 Å². The molecule has 0 radical (unpaired) electrons. The van der Waals surface area contributed by atoms with Gasteiger partial charge in [-0.3, -0.25) is 4.90 Å². The highest BCUT2D eigenvalue weighted by Crippen LogP contribution is 2.36. The second-order valence-corrected chi connectivity index (χ2v) is 7.85. The van der Waals surface area contributed by atoms with Gasteiger partial charge in [0.25, 0.3) is 0 Å². The number of carbonyl (C=O) groups is 1. The maximum Gasteiger partial charge on any atom is 0.490 e. The molecule has 170 valence electrons. The number of halogens is 3. The standard InChI is InChI=1S/C19H24N2O3.C2HF3O2/c20-9-14-2-1-3-17(8-14)23-12-15-13-24-19-11-21(10-18(15)19)16-4-6-22-7-5-16;3-2(4,5)1(6)7/h1-3,8,15-16,18-19H,4-7,10-13H2;(H,6,7)/t15-,18-,19-;/m1./s1. The van der Waals surface area contributed by atoms with Gasteiger partial charge in [-0.25, -0.2) is 4.79 Å². The van der Waals surface area contributed by atoms with Crippen LogP contribution in [0.2, 0.25) is 0 Å². The number of hydrogen-bond acceptors (Lipinski definition) is 6. The minimum atomic E-state index is -5.08. The van der Waals surface area contributed by atoms with Crippen molar-refractivity contribution in [2.75, 3.05) is 39.5 Å². The predicted molar refractivity (Wildman–Crippen MR) is 102 cm³/mol. The quantitative estimate of drug-likeness (QED) is 0.767. The van der Waals surface area contributed by atoms with Gasteiger partial charge in [-0.1, -0.05) is 6.07 Å². The average Bonchev–Trinajstić information content (AvgIpc) is 3.34. The lowest BCUT2D eigenvalue weighted by atomic mass is 9.94. The zero-order valence-electron chi connectivity index (χ0n) is 16.9. The van der Waals surface area contributed by atoms with Crippen molar-refractivity contribution in [3.63, 3.8) is 0 Å². The van der Waals surface area contributed by atoms with Gasteiger partial charge in [-0.15, -0.1) is 0 Å². The number of aliphatic carboxylic acids is 1. The van der Waals surface area contributed by atoms with Crippen LogP contribution in [0.1, 0.15) is 18.4 Å². The van der Waals surface area contributed by atoms with Crippen LogP contribution in [0.25, 0.3) is 0 Å². The Balaban J connectivity index is 0.000000339. The van der Waals surface area contributed by atoms with Gasteiger partial charge in [-0.2, -0.15) is 18.4 Å². The third-order valence-electron chi connectivity index (χ3n) is 5.84. The van der Waals surface area contributed by atoms with Gasteiger partial charge in [-0.05, 0) is 31.0 Å². The van der Waals surface area contributed by atoms with E-state index in [4.69, 9.17) is 29.4 Å². The number of rotatable bonds is 4. The third kappa shape index (κ3) is 6.32. The second-order valence-electron chi connectivity index (χ2n) is 7.85. The summed E-state index contributed by atoms with van der Waals surface area (Å²) in [6.45, 7) is 5.39. The first-order chi connectivity index (χ1) is 14.8. The summed E-state index contributed by atoms with van der Waals surface area (Å²) in [5.41, 5.74) is 0.639. The van der Waals surface area contributed by atoms with Crippen molar-refractivity contribution in [2.45, 2.75) is 31.2 Å². The van der Waals surface area contributed by atoms with E-state index in [1.165, 1.54) is 0 Å². The highest BCUT2D eigenvalue weighted by molar-refractivity contribution is 5.73. The van der Waals surface area contributed by atoms with E-state index in [2.05, 4.69) is 11.0 Å². The molecule has 1 N–H and O–H groups in total. The highest BCUT2D eigenvalue weighted by Gasteiger charge is 2.45. The van der Waals surface area contributed by atoms with Crippen LogP contribution in [0.4, 0.5) is 13.2 Å². The summed E-state index contributed by atoms with van der Waals surface area (Å²) in [4.78, 5) is 11.5. The molecule has 4 rings (SSSR count). The van der Waals surface area contributed by atoms with E-state index in [-0.39, 0.29) is 0 Å². The molecule has 7 nitrogen and oxygen atoms in total. The summed E-state index contributed by atoms with van der Waals surface area (Å²) in [5.74, 6) is -0.984. The fraction of sp³-hybridized carbons (Fsp3) is 0.619. The topological polar surface area (TPSA) is 92.0 Å². The Morgan fingerprint density at radius 1 is 1.29 bits per heavy atom. The molecule has 31 heavy (non-hydrogen) atoms. The van der Waals surface area contributed by atoms with Gasteiger partial charge in [0.1, 0.15) is 5.75 Å². The molecule has 0 aliphatic carbocycles. The molecule has 0 bridgehead atoms. The molecule has 1 aromatic carbocycles. The first-order valence-corrected chi connectivity index (χ1v) is 10.1. The molecule has 0 spiro atoms. The maximum absolute atomic E-state index is 10.6. The lowest BCUT2D eigenvalue weighted by Gasteiger charge is -2.31. The number of hydrogen-bond donors (Lipinski definition) is 1. The Kier molecular flexibility index (Phi) is 7.75. The van der Waals surface area contributed by atoms with Crippen LogP contribution in [0, 0.1) is 23.2 Å². The van der Waals surface area contributed by atoms with Crippen molar-refractivity contribution in [3.8, 4) is 11.8 Å². The van der Waals surface area contributed by atoms with Crippen LogP contribution in [0.3, 0.4) is 0 Å². The molecule has 0 amide bonds. The van der Waals surface area contributed by atoms with Gasteiger partial charge >= 0.3 is 12.1 Å². The summed E-state index contributed by atoms with van der Waals surface area (Å²) in [5, 5.41) is 16.1. The van der Waals surface area contributed by atoms with Crippen molar-refractivity contribution >= 4 is 5.97 Å². The number of carboxylic acid groups (broad SMARTS) is 1. The smallest absolute Gasteiger partial charge is 0.490 e. The first kappa shape index (κ1) is 23.3. The SMILES string of the molecule is N#Cc1cccc(OC[C@@H]2CO[C@@H]3CN(C4CCOCC4)C[C@H]23)c1.O=C(O)C(F)(F)F. The van der Waals surface area contributed by atoms with Crippen LogP contribution >= 0.6 is 0 Å². The minimum absolute atomic E-state index is 0.354. The Hall–Kier alpha value is -2.35. The Labute approximate surface area is 178 Å². The van der Waals surface area contributed by atoms with Crippen molar-refractivity contribution in [1.29, 1.82) is 5.26 Å². The third-order valence-corrected chi connectivity index (χ3v) is 5.84. The molecule has 10 heteroatoms. The lowest BCUT2D eigenvalue weighted by molar-refractivity contribution is -0.192. The number of nitrogens with zero attached hydrogens (tertiary/aromatic N) is 2. The Bertz CT molecular complexity index is 792. The van der Waals surface area contributed by atoms with Crippen molar-refractivity contribution < 1.29 is 37.3 Å². The van der Waals surface area contributed by atoms with Crippen molar-refractivity contribution in [1.82, 2.24) is 4.90 Å². The van der Waals surface area contributed by atoms with Crippen molar-refractivity contribution in [2.24, 2.45) is 11.8 Å².